The number of hydrogen-bond donors (Lipinski definition) is 0. The summed E-state index contributed by atoms with van der Waals surface area (Å²) in [5, 5.41) is -0.590. The van der Waals surface area contributed by atoms with E-state index in [4.69, 9.17) is 16.3 Å². The lowest BCUT2D eigenvalue weighted by atomic mass is 10.00. The molecule has 2 rings (SSSR count). The zero-order valence-corrected chi connectivity index (χ0v) is 11.0. The first-order valence-corrected chi connectivity index (χ1v) is 6.03. The van der Waals surface area contributed by atoms with Gasteiger partial charge in [0.25, 0.3) is 5.24 Å². The Morgan fingerprint density at radius 2 is 1.74 bits per heavy atom. The first-order chi connectivity index (χ1) is 9.08. The molecule has 0 bridgehead atoms. The first-order valence-electron chi connectivity index (χ1n) is 5.65. The topological polar surface area (TPSA) is 43.4 Å². The van der Waals surface area contributed by atoms with E-state index in [1.807, 2.05) is 30.3 Å². The van der Waals surface area contributed by atoms with Crippen LogP contribution in [0.1, 0.15) is 17.3 Å². The average molecular weight is 275 g/mol. The van der Waals surface area contributed by atoms with Gasteiger partial charge in [-0.2, -0.15) is 0 Å². The van der Waals surface area contributed by atoms with Crippen molar-refractivity contribution in [2.75, 3.05) is 0 Å². The van der Waals surface area contributed by atoms with E-state index in [1.165, 1.54) is 13.0 Å². The highest BCUT2D eigenvalue weighted by molar-refractivity contribution is 6.68. The molecule has 0 saturated heterocycles. The Labute approximate surface area is 115 Å². The van der Waals surface area contributed by atoms with Crippen molar-refractivity contribution in [2.24, 2.45) is 0 Å². The van der Waals surface area contributed by atoms with E-state index in [0.29, 0.717) is 16.9 Å². The molecule has 2 aromatic carbocycles. The zero-order valence-electron chi connectivity index (χ0n) is 10.2. The van der Waals surface area contributed by atoms with Gasteiger partial charge >= 0.3 is 5.97 Å². The lowest BCUT2D eigenvalue weighted by molar-refractivity contribution is -0.131. The monoisotopic (exact) mass is 274 g/mol. The van der Waals surface area contributed by atoms with E-state index in [1.54, 1.807) is 12.1 Å². The van der Waals surface area contributed by atoms with Crippen LogP contribution in [0.2, 0.25) is 0 Å². The zero-order chi connectivity index (χ0) is 13.8. The van der Waals surface area contributed by atoms with Gasteiger partial charge in [-0.25, -0.2) is 0 Å². The molecule has 0 atom stereocenters. The molecule has 0 aliphatic rings. The van der Waals surface area contributed by atoms with Crippen molar-refractivity contribution in [3.63, 3.8) is 0 Å². The van der Waals surface area contributed by atoms with Crippen molar-refractivity contribution < 1.29 is 14.3 Å². The van der Waals surface area contributed by atoms with Crippen LogP contribution in [0, 0.1) is 0 Å². The van der Waals surface area contributed by atoms with Gasteiger partial charge in [0.15, 0.2) is 0 Å². The standard InChI is InChI=1S/C15H11ClO3/c1-10(17)19-12-7-8-13(14(9-12)15(16)18)11-5-3-2-4-6-11/h2-9H,1H3. The predicted octanol–water partition coefficient (Wildman–Crippen LogP) is 3.66. The third kappa shape index (κ3) is 3.20. The Balaban J connectivity index is 2.50. The van der Waals surface area contributed by atoms with Crippen molar-refractivity contribution in [3.8, 4) is 16.9 Å². The molecule has 0 spiro atoms. The van der Waals surface area contributed by atoms with Gasteiger partial charge in [-0.3, -0.25) is 9.59 Å². The number of ether oxygens (including phenoxy) is 1. The molecule has 0 aliphatic carbocycles. The number of hydrogen-bond acceptors (Lipinski definition) is 3. The minimum absolute atomic E-state index is 0.302. The van der Waals surface area contributed by atoms with Gasteiger partial charge in [0.2, 0.25) is 0 Å². The van der Waals surface area contributed by atoms with E-state index < -0.39 is 11.2 Å². The summed E-state index contributed by atoms with van der Waals surface area (Å²) in [6.07, 6.45) is 0. The van der Waals surface area contributed by atoms with Gasteiger partial charge in [-0.15, -0.1) is 0 Å². The van der Waals surface area contributed by atoms with Crippen molar-refractivity contribution in [2.45, 2.75) is 6.92 Å². The molecule has 4 heteroatoms. The summed E-state index contributed by atoms with van der Waals surface area (Å²) in [6.45, 7) is 1.30. The molecule has 0 aromatic heterocycles. The fourth-order valence-electron chi connectivity index (χ4n) is 1.78. The maximum Gasteiger partial charge on any atom is 0.308 e. The Morgan fingerprint density at radius 3 is 2.32 bits per heavy atom. The molecule has 96 valence electrons. The summed E-state index contributed by atoms with van der Waals surface area (Å²) < 4.78 is 4.95. The lowest BCUT2D eigenvalue weighted by Crippen LogP contribution is -2.03. The largest absolute Gasteiger partial charge is 0.427 e. The summed E-state index contributed by atoms with van der Waals surface area (Å²) in [5.74, 6) is -0.142. The van der Waals surface area contributed by atoms with Crippen LogP contribution in [0.5, 0.6) is 5.75 Å². The molecule has 0 unspecified atom stereocenters. The highest BCUT2D eigenvalue weighted by Gasteiger charge is 2.13. The van der Waals surface area contributed by atoms with Crippen LogP contribution in [-0.4, -0.2) is 11.2 Å². The van der Waals surface area contributed by atoms with E-state index in [-0.39, 0.29) is 0 Å². The van der Waals surface area contributed by atoms with E-state index in [2.05, 4.69) is 0 Å². The Bertz CT molecular complexity index is 621. The van der Waals surface area contributed by atoms with Gasteiger partial charge < -0.3 is 4.74 Å². The second-order valence-electron chi connectivity index (χ2n) is 3.94. The molecular weight excluding hydrogens is 264 g/mol. The highest BCUT2D eigenvalue weighted by atomic mass is 35.5. The number of carbonyl (C=O) groups is 2. The molecule has 0 amide bonds. The summed E-state index contributed by atoms with van der Waals surface area (Å²) >= 11 is 5.59. The molecule has 2 aromatic rings. The summed E-state index contributed by atoms with van der Waals surface area (Å²) in [5.41, 5.74) is 1.89. The second-order valence-corrected chi connectivity index (χ2v) is 4.28. The molecule has 19 heavy (non-hydrogen) atoms. The van der Waals surface area contributed by atoms with E-state index in [9.17, 15) is 9.59 Å². The summed E-state index contributed by atoms with van der Waals surface area (Å²) in [4.78, 5) is 22.4. The average Bonchev–Trinajstić information content (AvgIpc) is 2.39. The molecule has 0 N–H and O–H groups in total. The van der Waals surface area contributed by atoms with Crippen molar-refractivity contribution in [1.29, 1.82) is 0 Å². The van der Waals surface area contributed by atoms with Crippen LogP contribution in [0.4, 0.5) is 0 Å². The fourth-order valence-corrected chi connectivity index (χ4v) is 1.94. The van der Waals surface area contributed by atoms with Crippen LogP contribution in [-0.2, 0) is 4.79 Å². The first kappa shape index (κ1) is 13.3. The highest BCUT2D eigenvalue weighted by Crippen LogP contribution is 2.28. The third-order valence-corrected chi connectivity index (χ3v) is 2.75. The van der Waals surface area contributed by atoms with Crippen LogP contribution in [0.15, 0.2) is 48.5 Å². The van der Waals surface area contributed by atoms with Crippen LogP contribution < -0.4 is 4.74 Å². The van der Waals surface area contributed by atoms with E-state index in [0.717, 1.165) is 5.56 Å². The number of carbonyl (C=O) groups excluding carboxylic acids is 2. The maximum absolute atomic E-state index is 11.5. The summed E-state index contributed by atoms with van der Waals surface area (Å²) in [6, 6.07) is 14.2. The van der Waals surface area contributed by atoms with Crippen LogP contribution in [0.25, 0.3) is 11.1 Å². The molecular formula is C15H11ClO3. The Kier molecular flexibility index (Phi) is 3.97. The Morgan fingerprint density at radius 1 is 1.05 bits per heavy atom. The van der Waals surface area contributed by atoms with Crippen molar-refractivity contribution in [3.05, 3.63) is 54.1 Å². The molecule has 0 fully saturated rings. The molecule has 3 nitrogen and oxygen atoms in total. The summed E-state index contributed by atoms with van der Waals surface area (Å²) in [7, 11) is 0. The van der Waals surface area contributed by atoms with Crippen molar-refractivity contribution in [1.82, 2.24) is 0 Å². The van der Waals surface area contributed by atoms with Crippen LogP contribution in [0.3, 0.4) is 0 Å². The predicted molar refractivity (Wildman–Crippen MR) is 73.4 cm³/mol. The van der Waals surface area contributed by atoms with Gasteiger partial charge in [-0.05, 0) is 40.9 Å². The second kappa shape index (κ2) is 5.67. The van der Waals surface area contributed by atoms with Gasteiger partial charge in [-0.1, -0.05) is 30.3 Å². The molecule has 0 saturated carbocycles. The normalized spacial score (nSPS) is 10.0. The smallest absolute Gasteiger partial charge is 0.308 e. The number of benzene rings is 2. The van der Waals surface area contributed by atoms with Crippen molar-refractivity contribution >= 4 is 22.8 Å². The lowest BCUT2D eigenvalue weighted by Gasteiger charge is -2.09. The SMILES string of the molecule is CC(=O)Oc1ccc(-c2ccccc2)c(C(=O)Cl)c1. The fraction of sp³-hybridized carbons (Fsp3) is 0.0667. The quantitative estimate of drug-likeness (QED) is 0.487. The third-order valence-electron chi connectivity index (χ3n) is 2.55. The van der Waals surface area contributed by atoms with Gasteiger partial charge in [0.05, 0.1) is 0 Å². The van der Waals surface area contributed by atoms with E-state index >= 15 is 0 Å². The number of halogens is 1. The number of esters is 1. The number of rotatable bonds is 3. The molecule has 0 aliphatic heterocycles. The molecule has 0 heterocycles. The molecule has 0 radical (unpaired) electrons. The minimum atomic E-state index is -0.590. The van der Waals surface area contributed by atoms with Gasteiger partial charge in [0, 0.05) is 12.5 Å². The van der Waals surface area contributed by atoms with Gasteiger partial charge in [0.1, 0.15) is 5.75 Å². The van der Waals surface area contributed by atoms with Crippen LogP contribution >= 0.6 is 11.6 Å². The minimum Gasteiger partial charge on any atom is -0.427 e. The maximum atomic E-state index is 11.5. The Hall–Kier alpha value is -2.13.